The first kappa shape index (κ1) is 17.8. The van der Waals surface area contributed by atoms with Crippen molar-refractivity contribution in [1.82, 2.24) is 10.2 Å². The Hall–Kier alpha value is -1.21. The molecule has 5 nitrogen and oxygen atoms in total. The highest BCUT2D eigenvalue weighted by Gasteiger charge is 2.24. The summed E-state index contributed by atoms with van der Waals surface area (Å²) < 4.78 is 0. The summed E-state index contributed by atoms with van der Waals surface area (Å²) in [4.78, 5) is 26.3. The van der Waals surface area contributed by atoms with Gasteiger partial charge in [-0.2, -0.15) is 11.8 Å². The van der Waals surface area contributed by atoms with Crippen LogP contribution in [0.2, 0.25) is 0 Å². The molecule has 2 N–H and O–H groups in total. The zero-order valence-electron chi connectivity index (χ0n) is 12.5. The van der Waals surface area contributed by atoms with Gasteiger partial charge in [0.2, 0.25) is 0 Å². The van der Waals surface area contributed by atoms with Gasteiger partial charge < -0.3 is 15.3 Å². The van der Waals surface area contributed by atoms with Crippen LogP contribution in [0.5, 0.6) is 0 Å². The van der Waals surface area contributed by atoms with Gasteiger partial charge in [-0.1, -0.05) is 6.07 Å². The Bertz CT molecular complexity index is 449. The van der Waals surface area contributed by atoms with E-state index in [0.717, 1.165) is 4.88 Å². The van der Waals surface area contributed by atoms with Crippen molar-refractivity contribution in [2.75, 3.05) is 12.0 Å². The topological polar surface area (TPSA) is 69.6 Å². The molecule has 0 aliphatic carbocycles. The molecule has 2 amide bonds. The van der Waals surface area contributed by atoms with Crippen molar-refractivity contribution in [3.05, 3.63) is 22.4 Å². The van der Waals surface area contributed by atoms with Crippen molar-refractivity contribution >= 4 is 35.1 Å². The van der Waals surface area contributed by atoms with E-state index in [-0.39, 0.29) is 12.1 Å². The van der Waals surface area contributed by atoms with Gasteiger partial charge in [0, 0.05) is 10.9 Å². The summed E-state index contributed by atoms with van der Waals surface area (Å²) in [5.74, 6) is -0.290. The molecule has 0 bridgehead atoms. The van der Waals surface area contributed by atoms with E-state index in [4.69, 9.17) is 0 Å². The largest absolute Gasteiger partial charge is 0.480 e. The predicted octanol–water partition coefficient (Wildman–Crippen LogP) is 2.87. The number of amides is 2. The smallest absolute Gasteiger partial charge is 0.326 e. The zero-order chi connectivity index (χ0) is 15.8. The molecule has 0 aliphatic heterocycles. The molecule has 1 unspecified atom stereocenters. The van der Waals surface area contributed by atoms with Crippen molar-refractivity contribution in [2.24, 2.45) is 0 Å². The maximum Gasteiger partial charge on any atom is 0.326 e. The lowest BCUT2D eigenvalue weighted by Crippen LogP contribution is -2.49. The first-order valence-electron chi connectivity index (χ1n) is 6.77. The number of thioether (sulfide) groups is 1. The minimum atomic E-state index is -0.989. The second kappa shape index (κ2) is 8.94. The summed E-state index contributed by atoms with van der Waals surface area (Å²) in [5, 5.41) is 13.8. The molecular formula is C14H22N2O3S2. The highest BCUT2D eigenvalue weighted by molar-refractivity contribution is 7.98. The van der Waals surface area contributed by atoms with Gasteiger partial charge in [-0.25, -0.2) is 9.59 Å². The van der Waals surface area contributed by atoms with E-state index in [0.29, 0.717) is 18.7 Å². The number of carbonyl (C=O) groups is 2. The molecule has 0 fully saturated rings. The number of hydrogen-bond acceptors (Lipinski definition) is 4. The molecule has 0 aromatic carbocycles. The third-order valence-corrected chi connectivity index (χ3v) is 4.50. The minimum Gasteiger partial charge on any atom is -0.480 e. The van der Waals surface area contributed by atoms with Crippen molar-refractivity contribution in [2.45, 2.75) is 38.9 Å². The van der Waals surface area contributed by atoms with Crippen LogP contribution >= 0.6 is 23.1 Å². The van der Waals surface area contributed by atoms with Gasteiger partial charge in [0.1, 0.15) is 6.04 Å². The second-order valence-electron chi connectivity index (χ2n) is 4.92. The predicted molar refractivity (Wildman–Crippen MR) is 88.0 cm³/mol. The number of thiophene rings is 1. The number of carboxylic acid groups (broad SMARTS) is 1. The second-order valence-corrected chi connectivity index (χ2v) is 6.94. The Kier molecular flexibility index (Phi) is 7.60. The van der Waals surface area contributed by atoms with Gasteiger partial charge >= 0.3 is 12.0 Å². The highest BCUT2D eigenvalue weighted by Crippen LogP contribution is 2.14. The Labute approximate surface area is 133 Å². The summed E-state index contributed by atoms with van der Waals surface area (Å²) in [6.45, 7) is 4.34. The number of rotatable bonds is 8. The molecule has 0 radical (unpaired) electrons. The average molecular weight is 330 g/mol. The number of nitrogens with zero attached hydrogens (tertiary/aromatic N) is 1. The van der Waals surface area contributed by atoms with E-state index in [9.17, 15) is 14.7 Å². The maximum atomic E-state index is 12.3. The number of aliphatic carboxylic acids is 1. The van der Waals surface area contributed by atoms with Gasteiger partial charge in [0.25, 0.3) is 0 Å². The van der Waals surface area contributed by atoms with Crippen molar-refractivity contribution in [3.8, 4) is 0 Å². The van der Waals surface area contributed by atoms with Crippen LogP contribution in [0, 0.1) is 0 Å². The fourth-order valence-electron chi connectivity index (χ4n) is 1.78. The Balaban J connectivity index is 2.68. The number of carbonyl (C=O) groups excluding carboxylic acids is 1. The van der Waals surface area contributed by atoms with E-state index in [1.165, 1.54) is 0 Å². The monoisotopic (exact) mass is 330 g/mol. The van der Waals surface area contributed by atoms with Crippen LogP contribution in [-0.2, 0) is 11.3 Å². The van der Waals surface area contributed by atoms with Crippen LogP contribution in [0.4, 0.5) is 4.79 Å². The molecule has 7 heteroatoms. The average Bonchev–Trinajstić information content (AvgIpc) is 2.92. The number of nitrogens with one attached hydrogen (secondary N) is 1. The van der Waals surface area contributed by atoms with Crippen LogP contribution < -0.4 is 5.32 Å². The van der Waals surface area contributed by atoms with Crippen molar-refractivity contribution in [3.63, 3.8) is 0 Å². The van der Waals surface area contributed by atoms with Crippen molar-refractivity contribution in [1.29, 1.82) is 0 Å². The summed E-state index contributed by atoms with van der Waals surface area (Å²) in [6.07, 6.45) is 2.34. The van der Waals surface area contributed by atoms with Crippen LogP contribution in [0.15, 0.2) is 17.5 Å². The lowest BCUT2D eigenvalue weighted by atomic mass is 10.2. The molecular weight excluding hydrogens is 308 g/mol. The lowest BCUT2D eigenvalue weighted by molar-refractivity contribution is -0.139. The minimum absolute atomic E-state index is 0.00194. The Morgan fingerprint density at radius 2 is 2.19 bits per heavy atom. The van der Waals surface area contributed by atoms with Gasteiger partial charge in [0.05, 0.1) is 6.54 Å². The standard InChI is InChI=1S/C14H22N2O3S2/c1-10(2)16(9-11-5-4-7-21-11)14(19)15-12(13(17)18)6-8-20-3/h4-5,7,10,12H,6,8-9H2,1-3H3,(H,15,19)(H,17,18). The van der Waals surface area contributed by atoms with Gasteiger partial charge in [-0.05, 0) is 43.7 Å². The zero-order valence-corrected chi connectivity index (χ0v) is 14.2. The number of urea groups is 1. The SMILES string of the molecule is CSCCC(NC(=O)N(Cc1cccs1)C(C)C)C(=O)O. The Morgan fingerprint density at radius 1 is 1.48 bits per heavy atom. The third-order valence-electron chi connectivity index (χ3n) is 3.00. The highest BCUT2D eigenvalue weighted by atomic mass is 32.2. The molecule has 1 aromatic heterocycles. The molecule has 21 heavy (non-hydrogen) atoms. The van der Waals surface area contributed by atoms with Gasteiger partial charge in [-0.3, -0.25) is 0 Å². The number of hydrogen-bond donors (Lipinski definition) is 2. The molecule has 0 saturated heterocycles. The quantitative estimate of drug-likeness (QED) is 0.769. The summed E-state index contributed by atoms with van der Waals surface area (Å²) in [7, 11) is 0. The molecule has 1 atom stereocenters. The van der Waals surface area contributed by atoms with E-state index in [2.05, 4.69) is 5.32 Å². The van der Waals surface area contributed by atoms with Crippen LogP contribution in [0.3, 0.4) is 0 Å². The van der Waals surface area contributed by atoms with Gasteiger partial charge in [0.15, 0.2) is 0 Å². The van der Waals surface area contributed by atoms with Crippen LogP contribution in [-0.4, -0.2) is 46.1 Å². The first-order valence-corrected chi connectivity index (χ1v) is 9.04. The van der Waals surface area contributed by atoms with E-state index in [1.54, 1.807) is 28.0 Å². The van der Waals surface area contributed by atoms with Crippen LogP contribution in [0.25, 0.3) is 0 Å². The third kappa shape index (κ3) is 5.97. The Morgan fingerprint density at radius 3 is 2.67 bits per heavy atom. The lowest BCUT2D eigenvalue weighted by Gasteiger charge is -2.28. The van der Waals surface area contributed by atoms with Gasteiger partial charge in [-0.15, -0.1) is 11.3 Å². The van der Waals surface area contributed by atoms with Crippen LogP contribution in [0.1, 0.15) is 25.1 Å². The fourth-order valence-corrected chi connectivity index (χ4v) is 2.96. The summed E-state index contributed by atoms with van der Waals surface area (Å²) in [5.41, 5.74) is 0. The molecule has 1 rings (SSSR count). The molecule has 1 heterocycles. The maximum absolute atomic E-state index is 12.3. The van der Waals surface area contributed by atoms with E-state index in [1.807, 2.05) is 37.6 Å². The van der Waals surface area contributed by atoms with E-state index >= 15 is 0 Å². The first-order chi connectivity index (χ1) is 9.95. The fraction of sp³-hybridized carbons (Fsp3) is 0.571. The number of carboxylic acids is 1. The molecule has 0 spiro atoms. The summed E-state index contributed by atoms with van der Waals surface area (Å²) >= 11 is 3.15. The normalized spacial score (nSPS) is 12.2. The molecule has 118 valence electrons. The summed E-state index contributed by atoms with van der Waals surface area (Å²) in [6, 6.07) is 2.74. The van der Waals surface area contributed by atoms with E-state index < -0.39 is 12.0 Å². The molecule has 1 aromatic rings. The molecule has 0 saturated carbocycles. The van der Waals surface area contributed by atoms with Crippen molar-refractivity contribution < 1.29 is 14.7 Å². The molecule has 0 aliphatic rings.